The minimum absolute atomic E-state index is 0.122. The van der Waals surface area contributed by atoms with E-state index in [-0.39, 0.29) is 12.6 Å². The molecule has 0 spiro atoms. The van der Waals surface area contributed by atoms with E-state index in [9.17, 15) is 4.79 Å². The standard InChI is InChI=1S/C24H22N4O3/c1-2-30-22(29)15-31-18-10-8-17(9-11-18)19-12-13-20-23(26-19)21(28-24(25)27-20)14-16-6-4-3-5-7-16/h3-13H,2,14-15H2,1H3,(H2,25,27,28). The Kier molecular flexibility index (Phi) is 6.03. The maximum Gasteiger partial charge on any atom is 0.344 e. The molecule has 2 aromatic carbocycles. The van der Waals surface area contributed by atoms with Gasteiger partial charge in [0.2, 0.25) is 5.95 Å². The summed E-state index contributed by atoms with van der Waals surface area (Å²) < 4.78 is 10.3. The summed E-state index contributed by atoms with van der Waals surface area (Å²) in [6, 6.07) is 21.2. The average Bonchev–Trinajstić information content (AvgIpc) is 2.79. The summed E-state index contributed by atoms with van der Waals surface area (Å²) in [6.45, 7) is 1.97. The van der Waals surface area contributed by atoms with Crippen LogP contribution in [0.4, 0.5) is 5.95 Å². The van der Waals surface area contributed by atoms with Crippen molar-refractivity contribution in [2.24, 2.45) is 0 Å². The van der Waals surface area contributed by atoms with Crippen LogP contribution in [-0.2, 0) is 16.0 Å². The summed E-state index contributed by atoms with van der Waals surface area (Å²) >= 11 is 0. The number of nitrogens with zero attached hydrogens (tertiary/aromatic N) is 3. The van der Waals surface area contributed by atoms with Crippen molar-refractivity contribution in [2.75, 3.05) is 18.9 Å². The van der Waals surface area contributed by atoms with Crippen molar-refractivity contribution in [3.05, 3.63) is 78.0 Å². The largest absolute Gasteiger partial charge is 0.482 e. The van der Waals surface area contributed by atoms with E-state index in [1.165, 1.54) is 0 Å². The highest BCUT2D eigenvalue weighted by molar-refractivity contribution is 5.81. The van der Waals surface area contributed by atoms with Crippen LogP contribution in [0.3, 0.4) is 0 Å². The fraction of sp³-hybridized carbons (Fsp3) is 0.167. The first-order valence-corrected chi connectivity index (χ1v) is 9.98. The lowest BCUT2D eigenvalue weighted by Gasteiger charge is -2.09. The maximum atomic E-state index is 11.4. The van der Waals surface area contributed by atoms with Gasteiger partial charge in [0.05, 0.1) is 23.5 Å². The number of rotatable bonds is 7. The zero-order chi connectivity index (χ0) is 21.6. The third-order valence-electron chi connectivity index (χ3n) is 4.66. The molecule has 0 unspecified atom stereocenters. The van der Waals surface area contributed by atoms with Crippen LogP contribution in [0, 0.1) is 0 Å². The molecule has 31 heavy (non-hydrogen) atoms. The van der Waals surface area contributed by atoms with Gasteiger partial charge in [0, 0.05) is 12.0 Å². The predicted octanol–water partition coefficient (Wildman–Crippen LogP) is 3.81. The Morgan fingerprint density at radius 2 is 1.71 bits per heavy atom. The van der Waals surface area contributed by atoms with Gasteiger partial charge in [-0.3, -0.25) is 0 Å². The van der Waals surface area contributed by atoms with Crippen LogP contribution >= 0.6 is 0 Å². The molecular weight excluding hydrogens is 392 g/mol. The van der Waals surface area contributed by atoms with Gasteiger partial charge in [-0.1, -0.05) is 30.3 Å². The van der Waals surface area contributed by atoms with Crippen LogP contribution in [-0.4, -0.2) is 34.1 Å². The number of hydrogen-bond acceptors (Lipinski definition) is 7. The Hall–Kier alpha value is -4.00. The van der Waals surface area contributed by atoms with E-state index in [2.05, 4.69) is 9.97 Å². The second kappa shape index (κ2) is 9.21. The molecule has 0 bridgehead atoms. The highest BCUT2D eigenvalue weighted by Gasteiger charge is 2.11. The Morgan fingerprint density at radius 1 is 0.935 bits per heavy atom. The molecular formula is C24H22N4O3. The van der Waals surface area contributed by atoms with Gasteiger partial charge < -0.3 is 15.2 Å². The van der Waals surface area contributed by atoms with Gasteiger partial charge >= 0.3 is 5.97 Å². The SMILES string of the molecule is CCOC(=O)COc1ccc(-c2ccc3nc(N)nc(Cc4ccccc4)c3n2)cc1. The van der Waals surface area contributed by atoms with Crippen LogP contribution in [0.2, 0.25) is 0 Å². The number of ether oxygens (including phenoxy) is 2. The van der Waals surface area contributed by atoms with Crippen LogP contribution in [0.1, 0.15) is 18.2 Å². The lowest BCUT2D eigenvalue weighted by molar-refractivity contribution is -0.145. The quantitative estimate of drug-likeness (QED) is 0.459. The molecule has 4 aromatic rings. The highest BCUT2D eigenvalue weighted by Crippen LogP contribution is 2.25. The topological polar surface area (TPSA) is 100 Å². The van der Waals surface area contributed by atoms with E-state index >= 15 is 0 Å². The van der Waals surface area contributed by atoms with E-state index in [1.807, 2.05) is 54.6 Å². The molecule has 0 aliphatic carbocycles. The number of anilines is 1. The zero-order valence-corrected chi connectivity index (χ0v) is 17.1. The first kappa shape index (κ1) is 20.3. The molecule has 7 nitrogen and oxygen atoms in total. The number of esters is 1. The van der Waals surface area contributed by atoms with Crippen LogP contribution in [0.5, 0.6) is 5.75 Å². The average molecular weight is 414 g/mol. The van der Waals surface area contributed by atoms with Crippen molar-refractivity contribution < 1.29 is 14.3 Å². The maximum absolute atomic E-state index is 11.4. The highest BCUT2D eigenvalue weighted by atomic mass is 16.6. The second-order valence-electron chi connectivity index (χ2n) is 6.87. The summed E-state index contributed by atoms with van der Waals surface area (Å²) in [5.74, 6) is 0.419. The van der Waals surface area contributed by atoms with Crippen molar-refractivity contribution >= 4 is 23.0 Å². The molecule has 2 heterocycles. The van der Waals surface area contributed by atoms with Crippen LogP contribution < -0.4 is 10.5 Å². The van der Waals surface area contributed by atoms with Gasteiger partial charge in [-0.25, -0.2) is 19.7 Å². The van der Waals surface area contributed by atoms with Crippen molar-refractivity contribution in [2.45, 2.75) is 13.3 Å². The lowest BCUT2D eigenvalue weighted by atomic mass is 10.1. The van der Waals surface area contributed by atoms with E-state index in [0.717, 1.165) is 28.0 Å². The molecule has 0 radical (unpaired) electrons. The molecule has 7 heteroatoms. The molecule has 0 amide bonds. The molecule has 0 aliphatic heterocycles. The molecule has 0 saturated carbocycles. The van der Waals surface area contributed by atoms with E-state index in [1.54, 1.807) is 19.1 Å². The van der Waals surface area contributed by atoms with Gasteiger partial charge in [-0.15, -0.1) is 0 Å². The lowest BCUT2D eigenvalue weighted by Crippen LogP contribution is -2.14. The zero-order valence-electron chi connectivity index (χ0n) is 17.1. The molecule has 2 aromatic heterocycles. The number of hydrogen-bond donors (Lipinski definition) is 1. The Labute approximate surface area is 179 Å². The van der Waals surface area contributed by atoms with Gasteiger partial charge in [-0.05, 0) is 48.9 Å². The Morgan fingerprint density at radius 3 is 2.45 bits per heavy atom. The van der Waals surface area contributed by atoms with Crippen LogP contribution in [0.25, 0.3) is 22.3 Å². The second-order valence-corrected chi connectivity index (χ2v) is 6.87. The first-order chi connectivity index (χ1) is 15.1. The van der Waals surface area contributed by atoms with E-state index in [0.29, 0.717) is 24.3 Å². The number of fused-ring (bicyclic) bond motifs is 1. The smallest absolute Gasteiger partial charge is 0.344 e. The van der Waals surface area contributed by atoms with E-state index < -0.39 is 5.97 Å². The number of carbonyl (C=O) groups excluding carboxylic acids is 1. The normalized spacial score (nSPS) is 10.7. The first-order valence-electron chi connectivity index (χ1n) is 9.98. The fourth-order valence-corrected chi connectivity index (χ4v) is 3.23. The van der Waals surface area contributed by atoms with Gasteiger partial charge in [0.25, 0.3) is 0 Å². The third kappa shape index (κ3) is 4.95. The van der Waals surface area contributed by atoms with Crippen molar-refractivity contribution in [3.63, 3.8) is 0 Å². The predicted molar refractivity (Wildman–Crippen MR) is 119 cm³/mol. The number of benzene rings is 2. The minimum atomic E-state index is -0.395. The van der Waals surface area contributed by atoms with Crippen molar-refractivity contribution in [3.8, 4) is 17.0 Å². The fourth-order valence-electron chi connectivity index (χ4n) is 3.23. The molecule has 156 valence electrons. The molecule has 0 saturated heterocycles. The van der Waals surface area contributed by atoms with Crippen molar-refractivity contribution in [1.82, 2.24) is 15.0 Å². The number of nitrogens with two attached hydrogens (primary N) is 1. The molecule has 0 aliphatic rings. The van der Waals surface area contributed by atoms with Crippen molar-refractivity contribution in [1.29, 1.82) is 0 Å². The molecule has 2 N–H and O–H groups in total. The summed E-state index contributed by atoms with van der Waals surface area (Å²) in [5, 5.41) is 0. The van der Waals surface area contributed by atoms with E-state index in [4.69, 9.17) is 20.2 Å². The number of pyridine rings is 1. The molecule has 4 rings (SSSR count). The number of aromatic nitrogens is 3. The summed E-state index contributed by atoms with van der Waals surface area (Å²) in [6.07, 6.45) is 0.612. The van der Waals surface area contributed by atoms with Crippen LogP contribution in [0.15, 0.2) is 66.7 Å². The summed E-state index contributed by atoms with van der Waals surface area (Å²) in [7, 11) is 0. The minimum Gasteiger partial charge on any atom is -0.482 e. The summed E-state index contributed by atoms with van der Waals surface area (Å²) in [4.78, 5) is 25.0. The Bertz CT molecular complexity index is 1190. The number of carbonyl (C=O) groups is 1. The Balaban J connectivity index is 1.60. The number of nitrogen functional groups attached to an aromatic ring is 1. The summed E-state index contributed by atoms with van der Waals surface area (Å²) in [5.41, 5.74) is 10.9. The molecule has 0 atom stereocenters. The third-order valence-corrected chi connectivity index (χ3v) is 4.66. The van der Waals surface area contributed by atoms with Gasteiger partial charge in [0.1, 0.15) is 11.3 Å². The van der Waals surface area contributed by atoms with Gasteiger partial charge in [0.15, 0.2) is 6.61 Å². The monoisotopic (exact) mass is 414 g/mol. The van der Waals surface area contributed by atoms with Gasteiger partial charge in [-0.2, -0.15) is 0 Å². The molecule has 0 fully saturated rings.